The summed E-state index contributed by atoms with van der Waals surface area (Å²) in [6.07, 6.45) is 3.07. The number of benzene rings is 1. The Bertz CT molecular complexity index is 1320. The maximum atomic E-state index is 13.2. The van der Waals surface area contributed by atoms with Gasteiger partial charge in [0.2, 0.25) is 0 Å². The Morgan fingerprint density at radius 2 is 1.90 bits per heavy atom. The molecule has 0 saturated heterocycles. The van der Waals surface area contributed by atoms with Gasteiger partial charge >= 0.3 is 5.97 Å². The van der Waals surface area contributed by atoms with E-state index in [1.807, 2.05) is 0 Å². The molecule has 0 unspecified atom stereocenters. The molecule has 0 spiro atoms. The lowest BCUT2D eigenvalue weighted by molar-refractivity contribution is 0.0602. The molecule has 3 aromatic heterocycles. The molecular weight excluding hydrogens is 376 g/mol. The Morgan fingerprint density at radius 1 is 1.10 bits per heavy atom. The summed E-state index contributed by atoms with van der Waals surface area (Å²) in [6.45, 7) is 1.69. The molecule has 0 aliphatic heterocycles. The first-order valence-corrected chi connectivity index (χ1v) is 8.70. The minimum Gasteiger partial charge on any atom is -0.497 e. The van der Waals surface area contributed by atoms with Crippen LogP contribution >= 0.6 is 0 Å². The second-order valence-electron chi connectivity index (χ2n) is 6.27. The number of carbonyl (C=O) groups is 1. The van der Waals surface area contributed by atoms with E-state index in [4.69, 9.17) is 14.2 Å². The normalized spacial score (nSPS) is 11.0. The number of rotatable bonds is 4. The maximum Gasteiger partial charge on any atom is 0.343 e. The highest BCUT2D eigenvalue weighted by atomic mass is 16.5. The number of aryl methyl sites for hydroxylation is 1. The predicted octanol–water partition coefficient (Wildman–Crippen LogP) is 2.15. The summed E-state index contributed by atoms with van der Waals surface area (Å²) in [5.41, 5.74) is 1.87. The fraction of sp³-hybridized carbons (Fsp3) is 0.200. The average Bonchev–Trinajstić information content (AvgIpc) is 3.09. The van der Waals surface area contributed by atoms with E-state index in [9.17, 15) is 9.59 Å². The molecular formula is C20H18N4O5. The number of methoxy groups -OCH3 is 3. The van der Waals surface area contributed by atoms with Crippen molar-refractivity contribution in [3.05, 3.63) is 58.3 Å². The Hall–Kier alpha value is -3.88. The summed E-state index contributed by atoms with van der Waals surface area (Å²) in [5, 5.41) is 4.72. The van der Waals surface area contributed by atoms with Gasteiger partial charge in [0.1, 0.15) is 17.1 Å². The number of aromatic nitrogens is 4. The van der Waals surface area contributed by atoms with E-state index >= 15 is 0 Å². The first kappa shape index (κ1) is 18.5. The molecule has 148 valence electrons. The summed E-state index contributed by atoms with van der Waals surface area (Å²) >= 11 is 0. The molecule has 4 aromatic rings. The second-order valence-corrected chi connectivity index (χ2v) is 6.27. The number of fused-ring (bicyclic) bond motifs is 3. The summed E-state index contributed by atoms with van der Waals surface area (Å²) < 4.78 is 18.4. The predicted molar refractivity (Wildman–Crippen MR) is 105 cm³/mol. The van der Waals surface area contributed by atoms with Crippen LogP contribution in [0.5, 0.6) is 11.5 Å². The van der Waals surface area contributed by atoms with Crippen molar-refractivity contribution in [3.63, 3.8) is 0 Å². The molecule has 0 saturated carbocycles. The molecule has 1 aromatic carbocycles. The van der Waals surface area contributed by atoms with Crippen LogP contribution < -0.4 is 15.0 Å². The topological polar surface area (TPSA) is 97.0 Å². The van der Waals surface area contributed by atoms with Gasteiger partial charge in [-0.25, -0.2) is 14.3 Å². The van der Waals surface area contributed by atoms with Gasteiger partial charge in [0.15, 0.2) is 5.65 Å². The molecule has 0 radical (unpaired) electrons. The smallest absolute Gasteiger partial charge is 0.343 e. The second kappa shape index (κ2) is 6.93. The molecule has 9 heteroatoms. The van der Waals surface area contributed by atoms with Gasteiger partial charge in [-0.2, -0.15) is 5.10 Å². The first-order chi connectivity index (χ1) is 14.0. The van der Waals surface area contributed by atoms with Crippen LogP contribution in [0.25, 0.3) is 22.2 Å². The molecule has 9 nitrogen and oxygen atoms in total. The molecule has 29 heavy (non-hydrogen) atoms. The highest BCUT2D eigenvalue weighted by Gasteiger charge is 2.21. The number of esters is 1. The third-order valence-corrected chi connectivity index (χ3v) is 4.72. The van der Waals surface area contributed by atoms with Crippen LogP contribution in [0.2, 0.25) is 0 Å². The van der Waals surface area contributed by atoms with Crippen molar-refractivity contribution in [1.29, 1.82) is 0 Å². The highest BCUT2D eigenvalue weighted by Crippen LogP contribution is 2.27. The monoisotopic (exact) mass is 394 g/mol. The van der Waals surface area contributed by atoms with Gasteiger partial charge in [0.05, 0.1) is 43.6 Å². The number of hydrogen-bond donors (Lipinski definition) is 0. The Kier molecular flexibility index (Phi) is 4.42. The van der Waals surface area contributed by atoms with Crippen LogP contribution in [0.15, 0.2) is 41.5 Å². The van der Waals surface area contributed by atoms with Crippen LogP contribution in [0, 0.1) is 6.92 Å². The molecule has 4 rings (SSSR count). The summed E-state index contributed by atoms with van der Waals surface area (Å²) in [4.78, 5) is 29.5. The van der Waals surface area contributed by atoms with Crippen LogP contribution in [-0.2, 0) is 4.74 Å². The third kappa shape index (κ3) is 2.78. The molecule has 0 aliphatic rings. The average molecular weight is 394 g/mol. The third-order valence-electron chi connectivity index (χ3n) is 4.72. The molecule has 0 aliphatic carbocycles. The number of nitrogens with zero attached hydrogens (tertiary/aromatic N) is 4. The molecule has 0 atom stereocenters. The van der Waals surface area contributed by atoms with Gasteiger partial charge in [-0.05, 0) is 25.1 Å². The Labute approximate surface area is 165 Å². The lowest BCUT2D eigenvalue weighted by Gasteiger charge is -2.13. The van der Waals surface area contributed by atoms with Crippen molar-refractivity contribution >= 4 is 22.5 Å². The summed E-state index contributed by atoms with van der Waals surface area (Å²) in [5.74, 6) is 0.577. The van der Waals surface area contributed by atoms with Gasteiger partial charge in [-0.1, -0.05) is 0 Å². The van der Waals surface area contributed by atoms with Gasteiger partial charge in [0.25, 0.3) is 5.56 Å². The fourth-order valence-corrected chi connectivity index (χ4v) is 3.29. The van der Waals surface area contributed by atoms with E-state index < -0.39 is 5.97 Å². The van der Waals surface area contributed by atoms with Crippen molar-refractivity contribution in [2.75, 3.05) is 21.3 Å². The number of hydrogen-bond acceptors (Lipinski definition) is 7. The van der Waals surface area contributed by atoms with E-state index in [-0.39, 0.29) is 11.1 Å². The van der Waals surface area contributed by atoms with E-state index in [2.05, 4.69) is 10.1 Å². The van der Waals surface area contributed by atoms with Crippen LogP contribution in [0.1, 0.15) is 16.1 Å². The van der Waals surface area contributed by atoms with Crippen molar-refractivity contribution in [2.45, 2.75) is 6.92 Å². The molecule has 0 fully saturated rings. The molecule has 0 N–H and O–H groups in total. The first-order valence-electron chi connectivity index (χ1n) is 8.70. The van der Waals surface area contributed by atoms with E-state index in [0.29, 0.717) is 39.4 Å². The standard InChI is InChI=1S/C20H18N4O5/c1-11-17(20(26)29-4)18-21-10-13-14(24(18)22-11)7-8-23(19(13)25)15-6-5-12(27-2)9-16(15)28-3/h5-10H,1-4H3. The lowest BCUT2D eigenvalue weighted by atomic mass is 10.2. The van der Waals surface area contributed by atoms with Gasteiger partial charge in [-0.3, -0.25) is 9.36 Å². The zero-order chi connectivity index (χ0) is 20.7. The largest absolute Gasteiger partial charge is 0.497 e. The Balaban J connectivity index is 1.97. The van der Waals surface area contributed by atoms with Crippen molar-refractivity contribution in [3.8, 4) is 17.2 Å². The summed E-state index contributed by atoms with van der Waals surface area (Å²) in [7, 11) is 4.38. The van der Waals surface area contributed by atoms with Crippen molar-refractivity contribution < 1.29 is 19.0 Å². The minimum atomic E-state index is -0.527. The summed E-state index contributed by atoms with van der Waals surface area (Å²) in [6, 6.07) is 6.93. The SMILES string of the molecule is COC(=O)c1c(C)nn2c1ncc1c(=O)n(-c3ccc(OC)cc3OC)ccc12. The van der Waals surface area contributed by atoms with Gasteiger partial charge < -0.3 is 14.2 Å². The molecule has 0 bridgehead atoms. The van der Waals surface area contributed by atoms with Crippen LogP contribution in [-0.4, -0.2) is 46.5 Å². The molecule has 3 heterocycles. The number of ether oxygens (including phenoxy) is 3. The fourth-order valence-electron chi connectivity index (χ4n) is 3.29. The number of pyridine rings is 1. The quantitative estimate of drug-likeness (QED) is 0.489. The van der Waals surface area contributed by atoms with Crippen molar-refractivity contribution in [1.82, 2.24) is 19.2 Å². The minimum absolute atomic E-state index is 0.274. The van der Waals surface area contributed by atoms with Gasteiger partial charge in [0, 0.05) is 18.5 Å². The van der Waals surface area contributed by atoms with Gasteiger partial charge in [-0.15, -0.1) is 0 Å². The highest BCUT2D eigenvalue weighted by molar-refractivity contribution is 5.98. The zero-order valence-corrected chi connectivity index (χ0v) is 16.3. The lowest BCUT2D eigenvalue weighted by Crippen LogP contribution is -2.19. The van der Waals surface area contributed by atoms with Crippen LogP contribution in [0.4, 0.5) is 0 Å². The maximum absolute atomic E-state index is 13.2. The van der Waals surface area contributed by atoms with Crippen molar-refractivity contribution in [2.24, 2.45) is 0 Å². The Morgan fingerprint density at radius 3 is 2.59 bits per heavy atom. The van der Waals surface area contributed by atoms with E-state index in [0.717, 1.165) is 0 Å². The van der Waals surface area contributed by atoms with E-state index in [1.54, 1.807) is 44.5 Å². The van der Waals surface area contributed by atoms with E-state index in [1.165, 1.54) is 29.5 Å². The molecule has 0 amide bonds. The van der Waals surface area contributed by atoms with Crippen LogP contribution in [0.3, 0.4) is 0 Å². The number of carbonyl (C=O) groups excluding carboxylic acids is 1. The zero-order valence-electron chi connectivity index (χ0n) is 16.3.